The number of amides is 3. The topological polar surface area (TPSA) is 81.8 Å². The Hall–Kier alpha value is 0.503. The average Bonchev–Trinajstić information content (AvgIpc) is 3.15. The second kappa shape index (κ2) is 14.6. The molecule has 3 saturated heterocycles. The SMILES string of the molecule is O=C1CCN(c2ccc(Cl)cc2)CC1.O=C1NC(=O)C2(CCN(c3ccc(Cl)cc3)CC2)N1.[K][K]. The first-order valence-electron chi connectivity index (χ1n) is 12.0. The number of piperidine rings is 2. The Morgan fingerprint density at radius 3 is 1.54 bits per heavy atom. The van der Waals surface area contributed by atoms with E-state index in [2.05, 4.69) is 20.4 Å². The van der Waals surface area contributed by atoms with E-state index in [1.54, 1.807) is 0 Å². The molecule has 176 valence electrons. The van der Waals surface area contributed by atoms with Crippen LogP contribution in [0.4, 0.5) is 16.2 Å². The van der Waals surface area contributed by atoms with Gasteiger partial charge in [0.05, 0.1) is 0 Å². The first kappa shape index (κ1) is 30.0. The van der Waals surface area contributed by atoms with Gasteiger partial charge in [-0.1, -0.05) is 23.2 Å². The number of carbonyl (C=O) groups excluding carboxylic acids is 3. The number of hydrogen-bond donors (Lipinski definition) is 2. The van der Waals surface area contributed by atoms with E-state index in [1.807, 2.05) is 48.5 Å². The van der Waals surface area contributed by atoms with Crippen molar-refractivity contribution < 1.29 is 14.4 Å². The van der Waals surface area contributed by atoms with Gasteiger partial charge in [0.2, 0.25) is 0 Å². The molecule has 3 aliphatic heterocycles. The molecular formula is C24H26Cl2K2N4O3. The van der Waals surface area contributed by atoms with Crippen molar-refractivity contribution in [2.24, 2.45) is 0 Å². The number of benzene rings is 2. The third kappa shape index (κ3) is 8.50. The summed E-state index contributed by atoms with van der Waals surface area (Å²) >= 11 is 14.2. The normalized spacial score (nSPS) is 18.7. The van der Waals surface area contributed by atoms with Gasteiger partial charge < -0.3 is 15.1 Å². The van der Waals surface area contributed by atoms with Crippen LogP contribution < -0.4 is 20.4 Å². The molecule has 2 aromatic carbocycles. The van der Waals surface area contributed by atoms with E-state index in [-0.39, 0.29) is 11.9 Å². The zero-order valence-electron chi connectivity index (χ0n) is 20.2. The van der Waals surface area contributed by atoms with Crippen molar-refractivity contribution in [1.82, 2.24) is 10.6 Å². The fraction of sp³-hybridized carbons (Fsp3) is 0.375. The molecule has 0 atom stereocenters. The van der Waals surface area contributed by atoms with Crippen LogP contribution in [0.25, 0.3) is 0 Å². The Balaban J connectivity index is 0.000000190. The first-order chi connectivity index (χ1) is 16.8. The molecule has 11 heteroatoms. The number of nitrogens with zero attached hydrogens (tertiary/aromatic N) is 2. The molecular weight excluding hydrogens is 541 g/mol. The quantitative estimate of drug-likeness (QED) is 0.430. The summed E-state index contributed by atoms with van der Waals surface area (Å²) in [4.78, 5) is 38.5. The van der Waals surface area contributed by atoms with Crippen LogP contribution in [0.5, 0.6) is 0 Å². The molecule has 7 nitrogen and oxygen atoms in total. The number of urea groups is 1. The number of nitrogens with one attached hydrogen (secondary N) is 2. The molecule has 1 spiro atoms. The van der Waals surface area contributed by atoms with Gasteiger partial charge in [-0.15, -0.1) is 0 Å². The molecule has 35 heavy (non-hydrogen) atoms. The number of ketones is 1. The number of Topliss-reactive ketones (excluding diaryl/α,β-unsaturated/α-hetero) is 1. The summed E-state index contributed by atoms with van der Waals surface area (Å²) in [7, 11) is 0. The van der Waals surface area contributed by atoms with Gasteiger partial charge in [-0.2, -0.15) is 0 Å². The van der Waals surface area contributed by atoms with E-state index >= 15 is 0 Å². The molecule has 0 aliphatic carbocycles. The van der Waals surface area contributed by atoms with Crippen LogP contribution in [-0.4, -0.2) is 113 Å². The molecule has 3 aliphatic rings. The Bertz CT molecular complexity index is 1020. The van der Waals surface area contributed by atoms with Crippen LogP contribution in [0.1, 0.15) is 25.7 Å². The monoisotopic (exact) mass is 566 g/mol. The van der Waals surface area contributed by atoms with Crippen molar-refractivity contribution in [2.45, 2.75) is 31.2 Å². The summed E-state index contributed by atoms with van der Waals surface area (Å²) in [6.07, 6.45) is 2.58. The molecule has 0 bridgehead atoms. The summed E-state index contributed by atoms with van der Waals surface area (Å²) in [6.45, 7) is 3.13. The van der Waals surface area contributed by atoms with E-state index in [0.29, 0.717) is 36.5 Å². The Morgan fingerprint density at radius 1 is 0.714 bits per heavy atom. The number of anilines is 2. The van der Waals surface area contributed by atoms with E-state index in [9.17, 15) is 14.4 Å². The first-order valence-corrected chi connectivity index (χ1v) is 28.8. The fourth-order valence-electron chi connectivity index (χ4n) is 4.34. The van der Waals surface area contributed by atoms with Crippen LogP contribution >= 0.6 is 23.2 Å². The second-order valence-electron chi connectivity index (χ2n) is 8.46. The molecule has 3 amide bonds. The number of rotatable bonds is 2. The predicted octanol–water partition coefficient (Wildman–Crippen LogP) is 3.27. The van der Waals surface area contributed by atoms with E-state index < -0.39 is 5.54 Å². The Labute approximate surface area is 261 Å². The molecule has 0 aromatic heterocycles. The number of carbonyl (C=O) groups is 3. The number of imide groups is 1. The molecule has 0 unspecified atom stereocenters. The summed E-state index contributed by atoms with van der Waals surface area (Å²) < 4.78 is 0. The minimum atomic E-state index is -0.708. The molecule has 2 N–H and O–H groups in total. The van der Waals surface area contributed by atoms with Crippen molar-refractivity contribution in [3.8, 4) is 0 Å². The van der Waals surface area contributed by atoms with Crippen molar-refractivity contribution in [3.05, 3.63) is 58.6 Å². The molecule has 3 heterocycles. The standard InChI is InChI=1S/C13H14ClN3O2.C11H12ClNO.2K/c14-9-1-3-10(4-2-9)17-7-5-13(6-8-17)11(18)15-12(19)16-13;12-9-1-3-10(4-2-9)13-7-5-11(14)6-8-13;;/h1-4H,5-8H2,(H2,15,16,18,19);1-4H,5-8H2;;. The zero-order chi connectivity index (χ0) is 25.4. The Morgan fingerprint density at radius 2 is 1.14 bits per heavy atom. The summed E-state index contributed by atoms with van der Waals surface area (Å²) in [5.41, 5.74) is 1.53. The Kier molecular flexibility index (Phi) is 12.5. The predicted molar refractivity (Wildman–Crippen MR) is 142 cm³/mol. The minimum absolute atomic E-state index is 0.201. The van der Waals surface area contributed by atoms with Gasteiger partial charge in [-0.05, 0) is 61.4 Å². The van der Waals surface area contributed by atoms with Gasteiger partial charge >= 0.3 is 69.2 Å². The number of hydrogen-bond acceptors (Lipinski definition) is 5. The van der Waals surface area contributed by atoms with Crippen LogP contribution in [0.3, 0.4) is 0 Å². The maximum atomic E-state index is 11.8. The maximum absolute atomic E-state index is 11.8. The van der Waals surface area contributed by atoms with Crippen LogP contribution in [0.15, 0.2) is 48.5 Å². The molecule has 2 aromatic rings. The van der Waals surface area contributed by atoms with Gasteiger partial charge in [-0.25, -0.2) is 4.79 Å². The van der Waals surface area contributed by atoms with Gasteiger partial charge in [0.15, 0.2) is 0 Å². The number of halogens is 2. The van der Waals surface area contributed by atoms with Gasteiger partial charge in [0.1, 0.15) is 11.3 Å². The molecule has 5 rings (SSSR count). The molecule has 3 fully saturated rings. The van der Waals surface area contributed by atoms with E-state index in [4.69, 9.17) is 23.2 Å². The molecule has 0 saturated carbocycles. The fourth-order valence-corrected chi connectivity index (χ4v) is 4.60. The third-order valence-electron chi connectivity index (χ3n) is 6.34. The van der Waals surface area contributed by atoms with Crippen molar-refractivity contribution in [3.63, 3.8) is 0 Å². The van der Waals surface area contributed by atoms with Crippen molar-refractivity contribution in [1.29, 1.82) is 0 Å². The van der Waals surface area contributed by atoms with E-state index in [1.165, 1.54) is 63.2 Å². The summed E-state index contributed by atoms with van der Waals surface area (Å²) in [6, 6.07) is 15.0. The van der Waals surface area contributed by atoms with Gasteiger partial charge in [-0.3, -0.25) is 14.9 Å². The van der Waals surface area contributed by atoms with Crippen LogP contribution in [-0.2, 0) is 9.59 Å². The average molecular weight is 568 g/mol. The van der Waals surface area contributed by atoms with E-state index in [0.717, 1.165) is 42.6 Å². The van der Waals surface area contributed by atoms with Crippen molar-refractivity contribution in [2.75, 3.05) is 36.0 Å². The van der Waals surface area contributed by atoms with Gasteiger partial charge in [0, 0.05) is 60.4 Å². The zero-order valence-corrected chi connectivity index (χ0v) is 27.9. The summed E-state index contributed by atoms with van der Waals surface area (Å²) in [5, 5.41) is 6.53. The molecule has 0 radical (unpaired) electrons. The second-order valence-corrected chi connectivity index (χ2v) is 9.33. The summed E-state index contributed by atoms with van der Waals surface area (Å²) in [5.74, 6) is 0.170. The van der Waals surface area contributed by atoms with Gasteiger partial charge in [0.25, 0.3) is 5.91 Å². The third-order valence-corrected chi connectivity index (χ3v) is 6.84. The van der Waals surface area contributed by atoms with Crippen LogP contribution in [0.2, 0.25) is 10.0 Å². The van der Waals surface area contributed by atoms with Crippen molar-refractivity contribution >= 4 is 115 Å². The van der Waals surface area contributed by atoms with Crippen LogP contribution in [0, 0.1) is 0 Å².